The van der Waals surface area contributed by atoms with Crippen molar-refractivity contribution in [2.75, 3.05) is 13.1 Å². The highest BCUT2D eigenvalue weighted by molar-refractivity contribution is 6.33. The lowest BCUT2D eigenvalue weighted by Gasteiger charge is -2.12. The van der Waals surface area contributed by atoms with Gasteiger partial charge >= 0.3 is 6.03 Å². The Balaban J connectivity index is 2.30. The third kappa shape index (κ3) is 2.10. The molecule has 2 rings (SSSR count). The van der Waals surface area contributed by atoms with Gasteiger partial charge in [-0.3, -0.25) is 9.69 Å². The molecule has 84 valence electrons. The molecule has 0 saturated carbocycles. The molecule has 16 heavy (non-hydrogen) atoms. The van der Waals surface area contributed by atoms with Gasteiger partial charge in [0, 0.05) is 18.7 Å². The molecule has 0 aliphatic carbocycles. The summed E-state index contributed by atoms with van der Waals surface area (Å²) in [7, 11) is 0. The molecule has 1 saturated heterocycles. The average molecular weight is 260 g/mol. The van der Waals surface area contributed by atoms with Gasteiger partial charge in [-0.25, -0.2) is 9.78 Å². The molecule has 7 heteroatoms. The van der Waals surface area contributed by atoms with E-state index in [0.29, 0.717) is 13.1 Å². The molecule has 0 radical (unpaired) electrons. The third-order valence-corrected chi connectivity index (χ3v) is 2.50. The molecule has 0 atom stereocenters. The second-order valence-electron chi connectivity index (χ2n) is 3.19. The SMILES string of the molecule is O=C1NCCN1C(=O)c1cc(Cl)nc(Cl)c1. The van der Waals surface area contributed by atoms with Crippen molar-refractivity contribution in [3.05, 3.63) is 28.0 Å². The van der Waals surface area contributed by atoms with Gasteiger partial charge < -0.3 is 5.32 Å². The second-order valence-corrected chi connectivity index (χ2v) is 3.96. The maximum Gasteiger partial charge on any atom is 0.324 e. The molecular weight excluding hydrogens is 253 g/mol. The van der Waals surface area contributed by atoms with Gasteiger partial charge in [0.05, 0.1) is 0 Å². The van der Waals surface area contributed by atoms with Crippen LogP contribution in [-0.4, -0.2) is 34.9 Å². The van der Waals surface area contributed by atoms with Crippen molar-refractivity contribution in [1.29, 1.82) is 0 Å². The number of nitrogens with zero attached hydrogens (tertiary/aromatic N) is 2. The van der Waals surface area contributed by atoms with E-state index >= 15 is 0 Å². The van der Waals surface area contributed by atoms with Gasteiger partial charge in [0.15, 0.2) is 0 Å². The zero-order chi connectivity index (χ0) is 11.7. The van der Waals surface area contributed by atoms with E-state index in [1.807, 2.05) is 0 Å². The molecule has 1 aromatic rings. The van der Waals surface area contributed by atoms with E-state index in [2.05, 4.69) is 10.3 Å². The summed E-state index contributed by atoms with van der Waals surface area (Å²) in [5.41, 5.74) is 0.252. The van der Waals surface area contributed by atoms with Crippen LogP contribution in [0.5, 0.6) is 0 Å². The number of aromatic nitrogens is 1. The molecule has 0 spiro atoms. The van der Waals surface area contributed by atoms with Crippen LogP contribution in [0.3, 0.4) is 0 Å². The minimum atomic E-state index is -0.429. The van der Waals surface area contributed by atoms with Crippen molar-refractivity contribution in [3.8, 4) is 0 Å². The summed E-state index contributed by atoms with van der Waals surface area (Å²) in [6.07, 6.45) is 0. The standard InChI is InChI=1S/C9H7Cl2N3O2/c10-6-3-5(4-7(11)13-6)8(15)14-2-1-12-9(14)16/h3-4H,1-2H2,(H,12,16). The van der Waals surface area contributed by atoms with Crippen molar-refractivity contribution in [2.45, 2.75) is 0 Å². The van der Waals surface area contributed by atoms with Gasteiger partial charge in [-0.15, -0.1) is 0 Å². The Labute approximate surface area is 101 Å². The maximum atomic E-state index is 11.9. The summed E-state index contributed by atoms with van der Waals surface area (Å²) >= 11 is 11.3. The zero-order valence-electron chi connectivity index (χ0n) is 8.04. The fourth-order valence-electron chi connectivity index (χ4n) is 1.41. The van der Waals surface area contributed by atoms with E-state index in [9.17, 15) is 9.59 Å². The fraction of sp³-hybridized carbons (Fsp3) is 0.222. The number of carbonyl (C=O) groups is 2. The predicted octanol–water partition coefficient (Wildman–Crippen LogP) is 1.55. The van der Waals surface area contributed by atoms with Gasteiger partial charge in [0.1, 0.15) is 10.3 Å². The summed E-state index contributed by atoms with van der Waals surface area (Å²) in [5.74, 6) is -0.429. The normalized spacial score (nSPS) is 15.1. The number of urea groups is 1. The van der Waals surface area contributed by atoms with Gasteiger partial charge in [0.2, 0.25) is 0 Å². The highest BCUT2D eigenvalue weighted by atomic mass is 35.5. The topological polar surface area (TPSA) is 62.3 Å². The van der Waals surface area contributed by atoms with Gasteiger partial charge in [-0.2, -0.15) is 0 Å². The first-order chi connectivity index (χ1) is 7.58. The van der Waals surface area contributed by atoms with Crippen LogP contribution in [0.25, 0.3) is 0 Å². The maximum absolute atomic E-state index is 11.9. The minimum absolute atomic E-state index is 0.121. The molecule has 1 aromatic heterocycles. The van der Waals surface area contributed by atoms with Crippen LogP contribution in [0, 0.1) is 0 Å². The molecule has 1 fully saturated rings. The zero-order valence-corrected chi connectivity index (χ0v) is 9.55. The lowest BCUT2D eigenvalue weighted by atomic mass is 10.2. The molecule has 0 unspecified atom stereocenters. The van der Waals surface area contributed by atoms with Crippen molar-refractivity contribution in [3.63, 3.8) is 0 Å². The van der Waals surface area contributed by atoms with E-state index in [0.717, 1.165) is 4.90 Å². The highest BCUT2D eigenvalue weighted by Gasteiger charge is 2.27. The largest absolute Gasteiger partial charge is 0.336 e. The smallest absolute Gasteiger partial charge is 0.324 e. The highest BCUT2D eigenvalue weighted by Crippen LogP contribution is 2.16. The monoisotopic (exact) mass is 259 g/mol. The van der Waals surface area contributed by atoms with E-state index in [1.165, 1.54) is 12.1 Å². The Morgan fingerprint density at radius 1 is 1.38 bits per heavy atom. The van der Waals surface area contributed by atoms with E-state index in [4.69, 9.17) is 23.2 Å². The first kappa shape index (κ1) is 11.2. The lowest BCUT2D eigenvalue weighted by Crippen LogP contribution is -2.34. The number of imide groups is 1. The molecule has 0 bridgehead atoms. The first-order valence-electron chi connectivity index (χ1n) is 4.51. The van der Waals surface area contributed by atoms with Crippen LogP contribution in [0.2, 0.25) is 10.3 Å². The van der Waals surface area contributed by atoms with Crippen molar-refractivity contribution < 1.29 is 9.59 Å². The van der Waals surface area contributed by atoms with Crippen molar-refractivity contribution in [2.24, 2.45) is 0 Å². The van der Waals surface area contributed by atoms with Gasteiger partial charge in [-0.1, -0.05) is 23.2 Å². The Kier molecular flexibility index (Phi) is 2.98. The molecule has 3 amide bonds. The van der Waals surface area contributed by atoms with Gasteiger partial charge in [0.25, 0.3) is 5.91 Å². The van der Waals surface area contributed by atoms with E-state index < -0.39 is 11.9 Å². The molecule has 1 aliphatic heterocycles. The number of rotatable bonds is 1. The number of hydrogen-bond acceptors (Lipinski definition) is 3. The van der Waals surface area contributed by atoms with Crippen LogP contribution < -0.4 is 5.32 Å². The lowest BCUT2D eigenvalue weighted by molar-refractivity contribution is 0.0829. The molecule has 0 aromatic carbocycles. The van der Waals surface area contributed by atoms with Crippen LogP contribution >= 0.6 is 23.2 Å². The van der Waals surface area contributed by atoms with Crippen LogP contribution in [0.1, 0.15) is 10.4 Å². The Morgan fingerprint density at radius 2 is 2.00 bits per heavy atom. The van der Waals surface area contributed by atoms with Crippen LogP contribution in [0.4, 0.5) is 4.79 Å². The Bertz CT molecular complexity index is 444. The fourth-order valence-corrected chi connectivity index (χ4v) is 1.87. The summed E-state index contributed by atoms with van der Waals surface area (Å²) in [6.45, 7) is 0.798. The number of nitrogens with one attached hydrogen (secondary N) is 1. The van der Waals surface area contributed by atoms with Gasteiger partial charge in [-0.05, 0) is 12.1 Å². The molecule has 1 N–H and O–H groups in total. The average Bonchev–Trinajstić information content (AvgIpc) is 2.62. The number of halogens is 2. The molecular formula is C9H7Cl2N3O2. The summed E-state index contributed by atoms with van der Waals surface area (Å²) in [5, 5.41) is 2.78. The minimum Gasteiger partial charge on any atom is -0.336 e. The molecule has 2 heterocycles. The quantitative estimate of drug-likeness (QED) is 0.779. The van der Waals surface area contributed by atoms with Crippen molar-refractivity contribution >= 4 is 35.1 Å². The van der Waals surface area contributed by atoms with E-state index in [1.54, 1.807) is 0 Å². The number of pyridine rings is 1. The summed E-state index contributed by atoms with van der Waals surface area (Å²) < 4.78 is 0. The number of hydrogen-bond donors (Lipinski definition) is 1. The van der Waals surface area contributed by atoms with Crippen LogP contribution in [-0.2, 0) is 0 Å². The van der Waals surface area contributed by atoms with Crippen LogP contribution in [0.15, 0.2) is 12.1 Å². The van der Waals surface area contributed by atoms with E-state index in [-0.39, 0.29) is 15.9 Å². The summed E-state index contributed by atoms with van der Waals surface area (Å²) in [4.78, 5) is 28.0. The number of carbonyl (C=O) groups excluding carboxylic acids is 2. The third-order valence-electron chi connectivity index (χ3n) is 2.11. The molecule has 1 aliphatic rings. The summed E-state index contributed by atoms with van der Waals surface area (Å²) in [6, 6.07) is 2.34. The Hall–Kier alpha value is -1.33. The Morgan fingerprint density at radius 3 is 2.50 bits per heavy atom. The molecule has 5 nitrogen and oxygen atoms in total. The number of amides is 3. The van der Waals surface area contributed by atoms with Crippen molar-refractivity contribution in [1.82, 2.24) is 15.2 Å². The second kappa shape index (κ2) is 4.27. The predicted molar refractivity (Wildman–Crippen MR) is 58.7 cm³/mol. The first-order valence-corrected chi connectivity index (χ1v) is 5.26.